The van der Waals surface area contributed by atoms with Gasteiger partial charge in [0.2, 0.25) is 0 Å². The van der Waals surface area contributed by atoms with E-state index in [4.69, 9.17) is 11.0 Å². The SMILES string of the molecule is C[C@H](N)c1ccc(NS(=O)(=O)c2cccc(C#N)c2)cc1. The summed E-state index contributed by atoms with van der Waals surface area (Å²) < 4.78 is 27.0. The lowest BCUT2D eigenvalue weighted by Crippen LogP contribution is -2.13. The number of nitriles is 1. The summed E-state index contributed by atoms with van der Waals surface area (Å²) in [5, 5.41) is 8.82. The number of hydrogen-bond acceptors (Lipinski definition) is 4. The quantitative estimate of drug-likeness (QED) is 0.906. The Morgan fingerprint density at radius 2 is 1.86 bits per heavy atom. The van der Waals surface area contributed by atoms with Crippen molar-refractivity contribution in [3.63, 3.8) is 0 Å². The molecule has 108 valence electrons. The van der Waals surface area contributed by atoms with Gasteiger partial charge in [0.25, 0.3) is 10.0 Å². The van der Waals surface area contributed by atoms with E-state index in [1.54, 1.807) is 30.3 Å². The summed E-state index contributed by atoms with van der Waals surface area (Å²) in [6.07, 6.45) is 0. The first kappa shape index (κ1) is 15.0. The Hall–Kier alpha value is -2.36. The van der Waals surface area contributed by atoms with Crippen molar-refractivity contribution in [1.82, 2.24) is 0 Å². The van der Waals surface area contributed by atoms with Crippen LogP contribution < -0.4 is 10.5 Å². The molecule has 0 radical (unpaired) electrons. The zero-order valence-corrected chi connectivity index (χ0v) is 12.3. The monoisotopic (exact) mass is 301 g/mol. The molecule has 0 heterocycles. The van der Waals surface area contributed by atoms with E-state index in [0.717, 1.165) is 5.56 Å². The summed E-state index contributed by atoms with van der Waals surface area (Å²) in [5.74, 6) is 0. The van der Waals surface area contributed by atoms with Gasteiger partial charge in [0.1, 0.15) is 0 Å². The fraction of sp³-hybridized carbons (Fsp3) is 0.133. The number of hydrogen-bond donors (Lipinski definition) is 2. The third-order valence-electron chi connectivity index (χ3n) is 2.96. The summed E-state index contributed by atoms with van der Waals surface area (Å²) in [6.45, 7) is 1.85. The van der Waals surface area contributed by atoms with Gasteiger partial charge in [-0.15, -0.1) is 0 Å². The van der Waals surface area contributed by atoms with E-state index in [9.17, 15) is 8.42 Å². The topological polar surface area (TPSA) is 96.0 Å². The van der Waals surface area contributed by atoms with E-state index >= 15 is 0 Å². The van der Waals surface area contributed by atoms with Crippen LogP contribution in [-0.4, -0.2) is 8.42 Å². The number of sulfonamides is 1. The largest absolute Gasteiger partial charge is 0.324 e. The van der Waals surface area contributed by atoms with Gasteiger partial charge in [-0.2, -0.15) is 5.26 Å². The summed E-state index contributed by atoms with van der Waals surface area (Å²) in [5.41, 5.74) is 7.41. The maximum Gasteiger partial charge on any atom is 0.261 e. The van der Waals surface area contributed by atoms with Gasteiger partial charge in [-0.3, -0.25) is 4.72 Å². The Labute approximate surface area is 124 Å². The molecule has 21 heavy (non-hydrogen) atoms. The molecule has 0 bridgehead atoms. The first-order valence-electron chi connectivity index (χ1n) is 6.31. The molecule has 0 aromatic heterocycles. The Bertz CT molecular complexity index is 775. The Kier molecular flexibility index (Phi) is 4.26. The van der Waals surface area contributed by atoms with Crippen molar-refractivity contribution in [2.75, 3.05) is 4.72 Å². The minimum Gasteiger partial charge on any atom is -0.324 e. The molecule has 2 rings (SSSR count). The smallest absolute Gasteiger partial charge is 0.261 e. The van der Waals surface area contributed by atoms with Gasteiger partial charge in [-0.05, 0) is 42.8 Å². The molecule has 0 saturated carbocycles. The third kappa shape index (κ3) is 3.60. The van der Waals surface area contributed by atoms with E-state index in [0.29, 0.717) is 11.3 Å². The second kappa shape index (κ2) is 5.95. The van der Waals surface area contributed by atoms with Crippen LogP contribution in [0.3, 0.4) is 0 Å². The number of anilines is 1. The minimum absolute atomic E-state index is 0.0535. The normalized spacial score (nSPS) is 12.4. The zero-order chi connectivity index (χ0) is 15.5. The molecule has 0 aliphatic carbocycles. The van der Waals surface area contributed by atoms with Gasteiger partial charge >= 0.3 is 0 Å². The van der Waals surface area contributed by atoms with Crippen molar-refractivity contribution in [3.05, 3.63) is 59.7 Å². The molecule has 1 atom stereocenters. The van der Waals surface area contributed by atoms with E-state index in [1.807, 2.05) is 13.0 Å². The second-order valence-corrected chi connectivity index (χ2v) is 6.34. The van der Waals surface area contributed by atoms with E-state index < -0.39 is 10.0 Å². The Morgan fingerprint density at radius 1 is 1.19 bits per heavy atom. The van der Waals surface area contributed by atoms with Crippen LogP contribution in [0.4, 0.5) is 5.69 Å². The van der Waals surface area contributed by atoms with Crippen LogP contribution in [0.2, 0.25) is 0 Å². The minimum atomic E-state index is -3.71. The molecule has 0 fully saturated rings. The number of nitrogens with one attached hydrogen (secondary N) is 1. The van der Waals surface area contributed by atoms with Crippen LogP contribution in [0.25, 0.3) is 0 Å². The van der Waals surface area contributed by atoms with E-state index in [2.05, 4.69) is 4.72 Å². The van der Waals surface area contributed by atoms with Crippen molar-refractivity contribution in [2.24, 2.45) is 5.73 Å². The van der Waals surface area contributed by atoms with Gasteiger partial charge in [-0.1, -0.05) is 18.2 Å². The average Bonchev–Trinajstić information content (AvgIpc) is 2.47. The maximum absolute atomic E-state index is 12.2. The summed E-state index contributed by atoms with van der Waals surface area (Å²) in [7, 11) is -3.71. The Balaban J connectivity index is 2.26. The van der Waals surface area contributed by atoms with Gasteiger partial charge in [0.15, 0.2) is 0 Å². The first-order chi connectivity index (χ1) is 9.92. The summed E-state index contributed by atoms with van der Waals surface area (Å²) in [6, 6.07) is 14.5. The van der Waals surface area contributed by atoms with Gasteiger partial charge in [0, 0.05) is 11.7 Å². The molecule has 0 saturated heterocycles. The molecule has 2 aromatic carbocycles. The molecular formula is C15H15N3O2S. The van der Waals surface area contributed by atoms with E-state index in [1.165, 1.54) is 18.2 Å². The standard InChI is InChI=1S/C15H15N3O2S/c1-11(17)13-5-7-14(8-6-13)18-21(19,20)15-4-2-3-12(9-15)10-16/h2-9,11,18H,17H2,1H3/t11-/m0/s1. The van der Waals surface area contributed by atoms with Crippen molar-refractivity contribution >= 4 is 15.7 Å². The van der Waals surface area contributed by atoms with Gasteiger partial charge < -0.3 is 5.73 Å². The van der Waals surface area contributed by atoms with Crippen LogP contribution in [0.15, 0.2) is 53.4 Å². The zero-order valence-electron chi connectivity index (χ0n) is 11.4. The fourth-order valence-electron chi connectivity index (χ4n) is 1.80. The van der Waals surface area contributed by atoms with Crippen molar-refractivity contribution < 1.29 is 8.42 Å². The molecule has 0 unspecified atom stereocenters. The highest BCUT2D eigenvalue weighted by molar-refractivity contribution is 7.92. The third-order valence-corrected chi connectivity index (χ3v) is 4.34. The molecule has 0 amide bonds. The van der Waals surface area contributed by atoms with Crippen LogP contribution in [0.1, 0.15) is 24.1 Å². The number of rotatable bonds is 4. The van der Waals surface area contributed by atoms with Crippen LogP contribution >= 0.6 is 0 Å². The lowest BCUT2D eigenvalue weighted by Gasteiger charge is -2.10. The Morgan fingerprint density at radius 3 is 2.43 bits per heavy atom. The predicted molar refractivity (Wildman–Crippen MR) is 81.0 cm³/mol. The van der Waals surface area contributed by atoms with E-state index in [-0.39, 0.29) is 10.9 Å². The molecule has 3 N–H and O–H groups in total. The number of nitrogens with zero attached hydrogens (tertiary/aromatic N) is 1. The average molecular weight is 301 g/mol. The van der Waals surface area contributed by atoms with Crippen molar-refractivity contribution in [2.45, 2.75) is 17.9 Å². The first-order valence-corrected chi connectivity index (χ1v) is 7.79. The summed E-state index contributed by atoms with van der Waals surface area (Å²) in [4.78, 5) is 0.0535. The molecular weight excluding hydrogens is 286 g/mol. The molecule has 0 aliphatic heterocycles. The lowest BCUT2D eigenvalue weighted by molar-refractivity contribution is 0.601. The highest BCUT2D eigenvalue weighted by Crippen LogP contribution is 2.19. The molecule has 0 spiro atoms. The highest BCUT2D eigenvalue weighted by atomic mass is 32.2. The second-order valence-electron chi connectivity index (χ2n) is 4.66. The summed E-state index contributed by atoms with van der Waals surface area (Å²) >= 11 is 0. The number of nitrogens with two attached hydrogens (primary N) is 1. The molecule has 0 aliphatic rings. The van der Waals surface area contributed by atoms with Crippen LogP contribution in [0, 0.1) is 11.3 Å². The fourth-order valence-corrected chi connectivity index (χ4v) is 2.91. The molecule has 2 aromatic rings. The molecule has 6 heteroatoms. The van der Waals surface area contributed by atoms with Crippen LogP contribution in [0.5, 0.6) is 0 Å². The van der Waals surface area contributed by atoms with Crippen molar-refractivity contribution in [1.29, 1.82) is 5.26 Å². The molecule has 5 nitrogen and oxygen atoms in total. The predicted octanol–water partition coefficient (Wildman–Crippen LogP) is 2.38. The van der Waals surface area contributed by atoms with Crippen molar-refractivity contribution in [3.8, 4) is 6.07 Å². The van der Waals surface area contributed by atoms with Gasteiger partial charge in [0.05, 0.1) is 16.5 Å². The van der Waals surface area contributed by atoms with Gasteiger partial charge in [-0.25, -0.2) is 8.42 Å². The highest BCUT2D eigenvalue weighted by Gasteiger charge is 2.14. The van der Waals surface area contributed by atoms with Crippen LogP contribution in [-0.2, 0) is 10.0 Å². The lowest BCUT2D eigenvalue weighted by atomic mass is 10.1. The number of benzene rings is 2. The maximum atomic E-state index is 12.2.